The first kappa shape index (κ1) is 23.0. The summed E-state index contributed by atoms with van der Waals surface area (Å²) in [6, 6.07) is 40.0. The molecule has 0 aliphatic carbocycles. The largest absolute Gasteiger partial charge is 0.368 e. The zero-order valence-electron chi connectivity index (χ0n) is 19.9. The molecule has 1 N–H and O–H groups in total. The maximum absolute atomic E-state index is 11.6. The van der Waals surface area contributed by atoms with Gasteiger partial charge in [0.2, 0.25) is 0 Å². The third-order valence-corrected chi connectivity index (χ3v) is 6.67. The van der Waals surface area contributed by atoms with E-state index in [-0.39, 0.29) is 6.10 Å². The maximum Gasteiger partial charge on any atom is 0.167 e. The monoisotopic (exact) mass is 462 g/mol. The number of rotatable bonds is 8. The number of nitrogens with one attached hydrogen (secondary N) is 1. The number of ether oxygens (including phenoxy) is 1. The van der Waals surface area contributed by atoms with Gasteiger partial charge in [0, 0.05) is 18.8 Å². The smallest absolute Gasteiger partial charge is 0.167 e. The summed E-state index contributed by atoms with van der Waals surface area (Å²) in [5.74, 6) is 0. The predicted octanol–water partition coefficient (Wildman–Crippen LogP) is 5.84. The molecular formula is C31H30N2O2. The zero-order chi connectivity index (χ0) is 24.1. The van der Waals surface area contributed by atoms with Crippen LogP contribution in [0.3, 0.4) is 0 Å². The van der Waals surface area contributed by atoms with Crippen molar-refractivity contribution < 1.29 is 9.53 Å². The van der Waals surface area contributed by atoms with Crippen LogP contribution in [-0.2, 0) is 21.6 Å². The molecule has 1 saturated heterocycles. The first-order valence-electron chi connectivity index (χ1n) is 12.1. The number of carbonyl (C=O) groups is 1. The van der Waals surface area contributed by atoms with Crippen molar-refractivity contribution >= 4 is 12.0 Å². The summed E-state index contributed by atoms with van der Waals surface area (Å²) in [7, 11) is 0. The lowest BCUT2D eigenvalue weighted by atomic mass is 9.76. The molecule has 5 rings (SSSR count). The molecule has 0 saturated carbocycles. The maximum atomic E-state index is 11.6. The fourth-order valence-electron chi connectivity index (χ4n) is 5.06. The lowest BCUT2D eigenvalue weighted by Gasteiger charge is -2.38. The Morgan fingerprint density at radius 1 is 0.800 bits per heavy atom. The molecule has 1 aliphatic heterocycles. The van der Waals surface area contributed by atoms with Gasteiger partial charge in [-0.3, -0.25) is 9.69 Å². The van der Waals surface area contributed by atoms with Crippen LogP contribution in [0.2, 0.25) is 0 Å². The number of hydrogen-bond donors (Lipinski definition) is 1. The first-order valence-corrected chi connectivity index (χ1v) is 12.1. The van der Waals surface area contributed by atoms with Gasteiger partial charge in [-0.05, 0) is 35.2 Å². The Balaban J connectivity index is 1.64. The van der Waals surface area contributed by atoms with E-state index in [1.807, 2.05) is 31.2 Å². The van der Waals surface area contributed by atoms with Crippen molar-refractivity contribution in [2.24, 2.45) is 0 Å². The molecule has 176 valence electrons. The van der Waals surface area contributed by atoms with E-state index in [0.717, 1.165) is 40.8 Å². The number of benzene rings is 4. The van der Waals surface area contributed by atoms with Gasteiger partial charge >= 0.3 is 0 Å². The normalized spacial score (nSPS) is 18.3. The molecule has 2 unspecified atom stereocenters. The van der Waals surface area contributed by atoms with Gasteiger partial charge in [-0.15, -0.1) is 0 Å². The summed E-state index contributed by atoms with van der Waals surface area (Å²) in [5.41, 5.74) is 4.97. The molecule has 4 heteroatoms. The van der Waals surface area contributed by atoms with Gasteiger partial charge in [0.25, 0.3) is 0 Å². The van der Waals surface area contributed by atoms with E-state index in [9.17, 15) is 4.79 Å². The molecule has 4 nitrogen and oxygen atoms in total. The fourth-order valence-corrected chi connectivity index (χ4v) is 5.06. The van der Waals surface area contributed by atoms with Crippen LogP contribution in [0.25, 0.3) is 0 Å². The van der Waals surface area contributed by atoms with Crippen molar-refractivity contribution in [2.45, 2.75) is 31.3 Å². The van der Waals surface area contributed by atoms with Crippen molar-refractivity contribution in [1.82, 2.24) is 4.90 Å². The minimum Gasteiger partial charge on any atom is -0.368 e. The lowest BCUT2D eigenvalue weighted by molar-refractivity contribution is -0.123. The van der Waals surface area contributed by atoms with Crippen LogP contribution >= 0.6 is 0 Å². The SMILES string of the molecule is CC1CN(Cc2ccccc2NC(c2ccccc2)(c2ccccc2)c2ccccc2)C(C=O)O1. The number of anilines is 1. The van der Waals surface area contributed by atoms with Crippen molar-refractivity contribution in [2.75, 3.05) is 11.9 Å². The van der Waals surface area contributed by atoms with Crippen molar-refractivity contribution in [3.8, 4) is 0 Å². The number of carbonyl (C=O) groups excluding carboxylic acids is 1. The Bertz CT molecular complexity index is 1150. The topological polar surface area (TPSA) is 41.6 Å². The molecule has 1 heterocycles. The van der Waals surface area contributed by atoms with Crippen molar-refractivity contribution in [3.63, 3.8) is 0 Å². The average molecular weight is 463 g/mol. The molecule has 35 heavy (non-hydrogen) atoms. The summed E-state index contributed by atoms with van der Waals surface area (Å²) >= 11 is 0. The van der Waals surface area contributed by atoms with Crippen molar-refractivity contribution in [1.29, 1.82) is 0 Å². The Kier molecular flexibility index (Phi) is 6.75. The molecule has 0 amide bonds. The second-order valence-electron chi connectivity index (χ2n) is 9.03. The van der Waals surface area contributed by atoms with Gasteiger partial charge in [0.15, 0.2) is 12.5 Å². The third kappa shape index (κ3) is 4.63. The number of para-hydroxylation sites is 1. The predicted molar refractivity (Wildman–Crippen MR) is 140 cm³/mol. The Hall–Kier alpha value is -3.73. The van der Waals surface area contributed by atoms with Crippen LogP contribution in [0.5, 0.6) is 0 Å². The van der Waals surface area contributed by atoms with Crippen LogP contribution < -0.4 is 5.32 Å². The highest BCUT2D eigenvalue weighted by molar-refractivity contribution is 5.63. The quantitative estimate of drug-likeness (QED) is 0.264. The van der Waals surface area contributed by atoms with E-state index in [1.165, 1.54) is 0 Å². The second kappa shape index (κ2) is 10.3. The Morgan fingerprint density at radius 3 is 1.80 bits per heavy atom. The highest BCUT2D eigenvalue weighted by Crippen LogP contribution is 2.41. The molecule has 0 spiro atoms. The molecule has 1 aliphatic rings. The van der Waals surface area contributed by atoms with Gasteiger partial charge < -0.3 is 10.1 Å². The van der Waals surface area contributed by atoms with Crippen LogP contribution in [0.15, 0.2) is 115 Å². The summed E-state index contributed by atoms with van der Waals surface area (Å²) in [5, 5.41) is 3.97. The number of hydrogen-bond acceptors (Lipinski definition) is 4. The highest BCUT2D eigenvalue weighted by Gasteiger charge is 2.37. The number of nitrogens with zero attached hydrogens (tertiary/aromatic N) is 1. The van der Waals surface area contributed by atoms with E-state index in [2.05, 4.69) is 101 Å². The molecule has 0 bridgehead atoms. The summed E-state index contributed by atoms with van der Waals surface area (Å²) < 4.78 is 5.78. The van der Waals surface area contributed by atoms with Crippen LogP contribution in [0.1, 0.15) is 29.2 Å². The lowest BCUT2D eigenvalue weighted by Crippen LogP contribution is -2.39. The summed E-state index contributed by atoms with van der Waals surface area (Å²) in [4.78, 5) is 13.7. The van der Waals surface area contributed by atoms with Crippen molar-refractivity contribution in [3.05, 3.63) is 138 Å². The molecule has 4 aromatic rings. The third-order valence-electron chi connectivity index (χ3n) is 6.67. The average Bonchev–Trinajstić information content (AvgIpc) is 3.28. The van der Waals surface area contributed by atoms with E-state index >= 15 is 0 Å². The molecule has 0 aromatic heterocycles. The zero-order valence-corrected chi connectivity index (χ0v) is 19.9. The second-order valence-corrected chi connectivity index (χ2v) is 9.03. The van der Waals surface area contributed by atoms with Gasteiger partial charge in [-0.2, -0.15) is 0 Å². The van der Waals surface area contributed by atoms with E-state index in [1.54, 1.807) is 0 Å². The molecular weight excluding hydrogens is 432 g/mol. The minimum atomic E-state index is -0.612. The summed E-state index contributed by atoms with van der Waals surface area (Å²) in [6.07, 6.45) is 0.407. The van der Waals surface area contributed by atoms with Gasteiger partial charge in [0.05, 0.1) is 6.10 Å². The molecule has 1 fully saturated rings. The number of aldehydes is 1. The molecule has 2 atom stereocenters. The van der Waals surface area contributed by atoms with Crippen LogP contribution in [-0.4, -0.2) is 30.1 Å². The van der Waals surface area contributed by atoms with Gasteiger partial charge in [0.1, 0.15) is 5.54 Å². The Labute approximate surface area is 207 Å². The van der Waals surface area contributed by atoms with E-state index < -0.39 is 11.8 Å². The Morgan fingerprint density at radius 2 is 1.29 bits per heavy atom. The van der Waals surface area contributed by atoms with Crippen LogP contribution in [0.4, 0.5) is 5.69 Å². The first-order chi connectivity index (χ1) is 17.2. The standard InChI is InChI=1S/C31H30N2O2/c1-24-21-33(30(23-34)35-24)22-25-13-11-12-20-29(25)32-31(26-14-5-2-6-15-26,27-16-7-3-8-17-27)28-18-9-4-10-19-28/h2-20,23-24,30,32H,21-22H2,1H3. The molecule has 4 aromatic carbocycles. The van der Waals surface area contributed by atoms with E-state index in [4.69, 9.17) is 4.74 Å². The minimum absolute atomic E-state index is 0.0300. The highest BCUT2D eigenvalue weighted by atomic mass is 16.5. The van der Waals surface area contributed by atoms with E-state index in [0.29, 0.717) is 6.54 Å². The fraction of sp³-hybridized carbons (Fsp3) is 0.194. The molecule has 0 radical (unpaired) electrons. The summed E-state index contributed by atoms with van der Waals surface area (Å²) in [6.45, 7) is 3.34. The van der Waals surface area contributed by atoms with Crippen LogP contribution in [0, 0.1) is 0 Å². The van der Waals surface area contributed by atoms with Gasteiger partial charge in [-0.1, -0.05) is 109 Å². The van der Waals surface area contributed by atoms with Gasteiger partial charge in [-0.25, -0.2) is 0 Å².